The number of benzene rings is 2. The molecule has 4 heteroatoms. The van der Waals surface area contributed by atoms with Gasteiger partial charge in [-0.05, 0) is 54.5 Å². The van der Waals surface area contributed by atoms with Crippen molar-refractivity contribution in [2.75, 3.05) is 5.73 Å². The number of rotatable bonds is 3. The zero-order valence-electron chi connectivity index (χ0n) is 12.5. The summed E-state index contributed by atoms with van der Waals surface area (Å²) >= 11 is 0. The number of carbonyl (C=O) groups is 1. The Labute approximate surface area is 130 Å². The van der Waals surface area contributed by atoms with Crippen molar-refractivity contribution in [1.29, 1.82) is 0 Å². The molecule has 2 aromatic carbocycles. The average Bonchev–Trinajstić information content (AvgIpc) is 2.53. The SMILES string of the molecule is Nc1cc2ccccc2cc1C(=O)N[CH]C1CCC(O)CC1. The Balaban J connectivity index is 1.68. The van der Waals surface area contributed by atoms with E-state index in [1.807, 2.05) is 42.9 Å². The standard InChI is InChI=1S/C18H21N2O2/c19-17-10-14-4-2-1-3-13(14)9-16(17)18(22)20-11-12-5-7-15(21)8-6-12/h1-4,9-12,15,21H,5-8,19H2,(H,20,22). The molecule has 0 heterocycles. The number of nitrogen functional groups attached to an aromatic ring is 1. The Bertz CT molecular complexity index is 676. The number of amides is 1. The summed E-state index contributed by atoms with van der Waals surface area (Å²) in [6, 6.07) is 11.5. The van der Waals surface area contributed by atoms with Gasteiger partial charge in [0.2, 0.25) is 0 Å². The highest BCUT2D eigenvalue weighted by Crippen LogP contribution is 2.26. The molecule has 0 aromatic heterocycles. The van der Waals surface area contributed by atoms with Gasteiger partial charge in [-0.25, -0.2) is 0 Å². The average molecular weight is 297 g/mol. The van der Waals surface area contributed by atoms with Crippen LogP contribution in [0.4, 0.5) is 5.69 Å². The summed E-state index contributed by atoms with van der Waals surface area (Å²) in [5, 5.41) is 14.4. The van der Waals surface area contributed by atoms with E-state index in [0.717, 1.165) is 36.5 Å². The lowest BCUT2D eigenvalue weighted by Gasteiger charge is -2.25. The van der Waals surface area contributed by atoms with Crippen LogP contribution in [0.5, 0.6) is 0 Å². The van der Waals surface area contributed by atoms with E-state index in [2.05, 4.69) is 5.32 Å². The van der Waals surface area contributed by atoms with Gasteiger partial charge in [-0.3, -0.25) is 4.79 Å². The van der Waals surface area contributed by atoms with Crippen molar-refractivity contribution < 1.29 is 9.90 Å². The first-order valence-electron chi connectivity index (χ1n) is 7.74. The van der Waals surface area contributed by atoms with Gasteiger partial charge in [0.25, 0.3) is 5.91 Å². The van der Waals surface area contributed by atoms with Crippen LogP contribution in [0.15, 0.2) is 36.4 Å². The van der Waals surface area contributed by atoms with E-state index in [1.54, 1.807) is 0 Å². The van der Waals surface area contributed by atoms with E-state index in [4.69, 9.17) is 5.73 Å². The molecule has 0 bridgehead atoms. The van der Waals surface area contributed by atoms with E-state index in [1.165, 1.54) is 0 Å². The van der Waals surface area contributed by atoms with Gasteiger partial charge in [-0.1, -0.05) is 24.3 Å². The van der Waals surface area contributed by atoms with E-state index in [9.17, 15) is 9.90 Å². The third kappa shape index (κ3) is 3.22. The minimum atomic E-state index is -0.184. The molecule has 0 aliphatic heterocycles. The summed E-state index contributed by atoms with van der Waals surface area (Å²) in [5.74, 6) is 0.156. The second-order valence-electron chi connectivity index (χ2n) is 6.00. The molecule has 4 nitrogen and oxygen atoms in total. The highest BCUT2D eigenvalue weighted by atomic mass is 16.3. The Kier molecular flexibility index (Phi) is 4.29. The lowest BCUT2D eigenvalue weighted by molar-refractivity contribution is 0.0941. The van der Waals surface area contributed by atoms with Crippen molar-refractivity contribution >= 4 is 22.4 Å². The van der Waals surface area contributed by atoms with E-state index >= 15 is 0 Å². The molecule has 4 N–H and O–H groups in total. The smallest absolute Gasteiger partial charge is 0.253 e. The predicted octanol–water partition coefficient (Wildman–Crippen LogP) is 2.86. The zero-order valence-corrected chi connectivity index (χ0v) is 12.5. The molecule has 22 heavy (non-hydrogen) atoms. The topological polar surface area (TPSA) is 75.4 Å². The Morgan fingerprint density at radius 3 is 2.45 bits per heavy atom. The molecular weight excluding hydrogens is 276 g/mol. The second kappa shape index (κ2) is 6.36. The number of aliphatic hydroxyl groups excluding tert-OH is 1. The van der Waals surface area contributed by atoms with Gasteiger partial charge in [-0.2, -0.15) is 0 Å². The summed E-state index contributed by atoms with van der Waals surface area (Å²) in [4.78, 5) is 12.3. The summed E-state index contributed by atoms with van der Waals surface area (Å²) in [6.07, 6.45) is 3.24. The lowest BCUT2D eigenvalue weighted by Crippen LogP contribution is -2.28. The van der Waals surface area contributed by atoms with Gasteiger partial charge in [0.15, 0.2) is 0 Å². The normalized spacial score (nSPS) is 21.7. The summed E-state index contributed by atoms with van der Waals surface area (Å²) in [6.45, 7) is 1.85. The molecule has 2 aromatic rings. The first-order chi connectivity index (χ1) is 10.6. The summed E-state index contributed by atoms with van der Waals surface area (Å²) < 4.78 is 0. The van der Waals surface area contributed by atoms with E-state index in [0.29, 0.717) is 17.2 Å². The van der Waals surface area contributed by atoms with Crippen LogP contribution in [-0.4, -0.2) is 17.1 Å². The number of carbonyl (C=O) groups excluding carboxylic acids is 1. The van der Waals surface area contributed by atoms with Gasteiger partial charge in [0.05, 0.1) is 18.2 Å². The number of nitrogens with two attached hydrogens (primary N) is 1. The van der Waals surface area contributed by atoms with Gasteiger partial charge in [0, 0.05) is 5.69 Å². The number of hydrogen-bond donors (Lipinski definition) is 3. The van der Waals surface area contributed by atoms with Gasteiger partial charge in [-0.15, -0.1) is 0 Å². The van der Waals surface area contributed by atoms with Crippen molar-refractivity contribution in [1.82, 2.24) is 5.32 Å². The molecule has 1 fully saturated rings. The highest BCUT2D eigenvalue weighted by molar-refractivity contribution is 6.04. The minimum Gasteiger partial charge on any atom is -0.398 e. The fourth-order valence-electron chi connectivity index (χ4n) is 2.99. The number of aliphatic hydroxyl groups is 1. The minimum absolute atomic E-state index is 0.172. The largest absolute Gasteiger partial charge is 0.398 e. The van der Waals surface area contributed by atoms with Crippen molar-refractivity contribution in [2.24, 2.45) is 5.92 Å². The third-order valence-electron chi connectivity index (χ3n) is 4.35. The van der Waals surface area contributed by atoms with Crippen LogP contribution in [0.25, 0.3) is 10.8 Å². The first kappa shape index (κ1) is 14.9. The molecular formula is C18H21N2O2. The molecule has 1 radical (unpaired) electrons. The van der Waals surface area contributed by atoms with Crippen LogP contribution in [0, 0.1) is 12.5 Å². The van der Waals surface area contributed by atoms with Gasteiger partial charge >= 0.3 is 0 Å². The Hall–Kier alpha value is -2.07. The molecule has 0 saturated heterocycles. The highest BCUT2D eigenvalue weighted by Gasteiger charge is 2.20. The Morgan fingerprint density at radius 1 is 1.14 bits per heavy atom. The van der Waals surface area contributed by atoms with Crippen LogP contribution in [-0.2, 0) is 0 Å². The predicted molar refractivity (Wildman–Crippen MR) is 88.1 cm³/mol. The number of nitrogens with one attached hydrogen (secondary N) is 1. The van der Waals surface area contributed by atoms with Gasteiger partial charge in [0.1, 0.15) is 0 Å². The van der Waals surface area contributed by atoms with Crippen LogP contribution in [0.2, 0.25) is 0 Å². The number of hydrogen-bond acceptors (Lipinski definition) is 3. The van der Waals surface area contributed by atoms with Crippen molar-refractivity contribution in [3.05, 3.63) is 48.5 Å². The van der Waals surface area contributed by atoms with Crippen molar-refractivity contribution in [2.45, 2.75) is 31.8 Å². The lowest BCUT2D eigenvalue weighted by atomic mass is 9.87. The summed E-state index contributed by atoms with van der Waals surface area (Å²) in [7, 11) is 0. The quantitative estimate of drug-likeness (QED) is 0.763. The number of anilines is 1. The van der Waals surface area contributed by atoms with Crippen LogP contribution in [0.1, 0.15) is 36.0 Å². The maximum absolute atomic E-state index is 12.3. The number of fused-ring (bicyclic) bond motifs is 1. The van der Waals surface area contributed by atoms with Crippen molar-refractivity contribution in [3.63, 3.8) is 0 Å². The third-order valence-corrected chi connectivity index (χ3v) is 4.35. The van der Waals surface area contributed by atoms with Crippen molar-refractivity contribution in [3.8, 4) is 0 Å². The molecule has 1 amide bonds. The molecule has 0 spiro atoms. The first-order valence-corrected chi connectivity index (χ1v) is 7.74. The van der Waals surface area contributed by atoms with Crippen LogP contribution < -0.4 is 11.1 Å². The maximum atomic E-state index is 12.3. The molecule has 0 atom stereocenters. The molecule has 1 saturated carbocycles. The molecule has 1 aliphatic carbocycles. The molecule has 115 valence electrons. The molecule has 0 unspecified atom stereocenters. The van der Waals surface area contributed by atoms with E-state index < -0.39 is 0 Å². The molecule has 3 rings (SSSR count). The van der Waals surface area contributed by atoms with Gasteiger partial charge < -0.3 is 16.2 Å². The van der Waals surface area contributed by atoms with Crippen LogP contribution in [0.3, 0.4) is 0 Å². The fourth-order valence-corrected chi connectivity index (χ4v) is 2.99. The second-order valence-corrected chi connectivity index (χ2v) is 6.00. The molecule has 1 aliphatic rings. The fraction of sp³-hybridized carbons (Fsp3) is 0.333. The van der Waals surface area contributed by atoms with E-state index in [-0.39, 0.29) is 12.0 Å². The zero-order chi connectivity index (χ0) is 15.5. The maximum Gasteiger partial charge on any atom is 0.253 e. The summed E-state index contributed by atoms with van der Waals surface area (Å²) in [5.41, 5.74) is 7.00. The Morgan fingerprint density at radius 2 is 1.77 bits per heavy atom. The monoisotopic (exact) mass is 297 g/mol. The van der Waals surface area contributed by atoms with Crippen LogP contribution >= 0.6 is 0 Å².